The highest BCUT2D eigenvalue weighted by molar-refractivity contribution is 6.32. The lowest BCUT2D eigenvalue weighted by Gasteiger charge is -2.06. The number of hydrogen-bond acceptors (Lipinski definition) is 5. The molecular formula is C12H9ClN4O4. The number of benzene rings is 1. The Morgan fingerprint density at radius 2 is 2.19 bits per heavy atom. The van der Waals surface area contributed by atoms with E-state index >= 15 is 0 Å². The molecule has 2 aromatic rings. The predicted molar refractivity (Wildman–Crippen MR) is 72.0 cm³/mol. The van der Waals surface area contributed by atoms with E-state index in [1.54, 1.807) is 6.07 Å². The molecule has 0 aliphatic heterocycles. The number of carboxylic acid groups (broad SMARTS) is 1. The van der Waals surface area contributed by atoms with Crippen molar-refractivity contribution in [2.45, 2.75) is 18.8 Å². The zero-order valence-electron chi connectivity index (χ0n) is 10.6. The van der Waals surface area contributed by atoms with Gasteiger partial charge in [-0.1, -0.05) is 16.8 Å². The van der Waals surface area contributed by atoms with Gasteiger partial charge in [0.2, 0.25) is 0 Å². The molecule has 0 unspecified atom stereocenters. The van der Waals surface area contributed by atoms with Crippen LogP contribution in [0.5, 0.6) is 0 Å². The summed E-state index contributed by atoms with van der Waals surface area (Å²) in [7, 11) is 0. The predicted octanol–water partition coefficient (Wildman–Crippen LogP) is 2.40. The van der Waals surface area contributed by atoms with E-state index in [1.807, 2.05) is 0 Å². The number of aromatic carboxylic acids is 1. The standard InChI is InChI=1S/C12H9ClN4O4/c13-8-4-3-7(5-9(8)17(20)21)16-11(6-1-2-6)10(12(18)19)14-15-16/h3-6H,1-2H2,(H,18,19). The van der Waals surface area contributed by atoms with E-state index in [9.17, 15) is 14.9 Å². The molecule has 9 heteroatoms. The summed E-state index contributed by atoms with van der Waals surface area (Å²) in [5.41, 5.74) is 0.463. The highest BCUT2D eigenvalue weighted by atomic mass is 35.5. The maximum atomic E-state index is 11.2. The van der Waals surface area contributed by atoms with Crippen LogP contribution in [0.1, 0.15) is 34.9 Å². The van der Waals surface area contributed by atoms with E-state index in [2.05, 4.69) is 10.3 Å². The molecule has 0 atom stereocenters. The van der Waals surface area contributed by atoms with Crippen LogP contribution in [0.4, 0.5) is 5.69 Å². The minimum absolute atomic E-state index is 0.00953. The number of halogens is 1. The number of rotatable bonds is 4. The first-order valence-electron chi connectivity index (χ1n) is 6.12. The quantitative estimate of drug-likeness (QED) is 0.685. The molecule has 1 aromatic heterocycles. The molecule has 3 rings (SSSR count). The average molecular weight is 309 g/mol. The van der Waals surface area contributed by atoms with E-state index in [0.29, 0.717) is 11.4 Å². The second-order valence-electron chi connectivity index (χ2n) is 4.71. The van der Waals surface area contributed by atoms with E-state index < -0.39 is 10.9 Å². The van der Waals surface area contributed by atoms with Crippen molar-refractivity contribution >= 4 is 23.3 Å². The van der Waals surface area contributed by atoms with Gasteiger partial charge >= 0.3 is 5.97 Å². The van der Waals surface area contributed by atoms with Gasteiger partial charge in [0, 0.05) is 12.0 Å². The zero-order chi connectivity index (χ0) is 15.1. The zero-order valence-corrected chi connectivity index (χ0v) is 11.3. The van der Waals surface area contributed by atoms with E-state index in [0.717, 1.165) is 12.8 Å². The Labute approximate surface area is 123 Å². The van der Waals surface area contributed by atoms with Gasteiger partial charge in [0.05, 0.1) is 16.3 Å². The number of nitrogens with zero attached hydrogens (tertiary/aromatic N) is 4. The van der Waals surface area contributed by atoms with E-state index in [-0.39, 0.29) is 22.3 Å². The molecule has 1 aliphatic rings. The molecule has 0 radical (unpaired) electrons. The number of nitro benzene ring substituents is 1. The Kier molecular flexibility index (Phi) is 3.09. The summed E-state index contributed by atoms with van der Waals surface area (Å²) in [6.45, 7) is 0. The fourth-order valence-corrected chi connectivity index (χ4v) is 2.31. The Morgan fingerprint density at radius 3 is 2.76 bits per heavy atom. The highest BCUT2D eigenvalue weighted by Crippen LogP contribution is 2.42. The van der Waals surface area contributed by atoms with Crippen LogP contribution in [-0.2, 0) is 0 Å². The molecule has 0 bridgehead atoms. The van der Waals surface area contributed by atoms with Crippen molar-refractivity contribution in [2.24, 2.45) is 0 Å². The van der Waals surface area contributed by atoms with Gasteiger partial charge in [-0.05, 0) is 25.0 Å². The Balaban J connectivity index is 2.15. The SMILES string of the molecule is O=C(O)c1nnn(-c2ccc(Cl)c([N+](=O)[O-])c2)c1C1CC1. The molecule has 0 saturated heterocycles. The molecule has 108 valence electrons. The minimum Gasteiger partial charge on any atom is -0.476 e. The number of aromatic nitrogens is 3. The largest absolute Gasteiger partial charge is 0.476 e. The average Bonchev–Trinajstić information content (AvgIpc) is 3.17. The van der Waals surface area contributed by atoms with Gasteiger partial charge in [0.25, 0.3) is 5.69 Å². The van der Waals surface area contributed by atoms with Gasteiger partial charge in [-0.3, -0.25) is 10.1 Å². The van der Waals surface area contributed by atoms with Crippen molar-refractivity contribution in [2.75, 3.05) is 0 Å². The van der Waals surface area contributed by atoms with Gasteiger partial charge < -0.3 is 5.11 Å². The molecule has 1 N–H and O–H groups in total. The normalized spacial score (nSPS) is 14.1. The third kappa shape index (κ3) is 2.33. The Bertz CT molecular complexity index is 754. The van der Waals surface area contributed by atoms with Gasteiger partial charge in [-0.2, -0.15) is 0 Å². The Morgan fingerprint density at radius 1 is 1.48 bits per heavy atom. The molecule has 21 heavy (non-hydrogen) atoms. The third-order valence-electron chi connectivity index (χ3n) is 3.24. The molecule has 1 aromatic carbocycles. The maximum Gasteiger partial charge on any atom is 0.358 e. The second kappa shape index (κ2) is 4.81. The van der Waals surface area contributed by atoms with Crippen LogP contribution in [0.25, 0.3) is 5.69 Å². The molecule has 1 heterocycles. The molecule has 0 amide bonds. The molecule has 1 aliphatic carbocycles. The number of carboxylic acids is 1. The molecule has 8 nitrogen and oxygen atoms in total. The summed E-state index contributed by atoms with van der Waals surface area (Å²) in [5, 5.41) is 27.6. The Hall–Kier alpha value is -2.48. The summed E-state index contributed by atoms with van der Waals surface area (Å²) in [6.07, 6.45) is 1.70. The third-order valence-corrected chi connectivity index (χ3v) is 3.56. The van der Waals surface area contributed by atoms with E-state index in [4.69, 9.17) is 16.7 Å². The molecule has 1 fully saturated rings. The molecule has 1 saturated carbocycles. The van der Waals surface area contributed by atoms with Crippen LogP contribution in [0.2, 0.25) is 5.02 Å². The van der Waals surface area contributed by atoms with Crippen molar-refractivity contribution in [3.63, 3.8) is 0 Å². The molecular weight excluding hydrogens is 300 g/mol. The summed E-state index contributed by atoms with van der Waals surface area (Å²) < 4.78 is 1.34. The minimum atomic E-state index is -1.16. The topological polar surface area (TPSA) is 111 Å². The summed E-state index contributed by atoms with van der Waals surface area (Å²) in [6, 6.07) is 4.18. The fourth-order valence-electron chi connectivity index (χ4n) is 2.13. The van der Waals surface area contributed by atoms with Crippen LogP contribution in [0, 0.1) is 10.1 Å². The lowest BCUT2D eigenvalue weighted by atomic mass is 10.2. The smallest absolute Gasteiger partial charge is 0.358 e. The van der Waals surface area contributed by atoms with E-state index in [1.165, 1.54) is 16.8 Å². The fraction of sp³-hybridized carbons (Fsp3) is 0.250. The first kappa shape index (κ1) is 13.5. The second-order valence-corrected chi connectivity index (χ2v) is 5.11. The van der Waals surface area contributed by atoms with Crippen molar-refractivity contribution in [1.29, 1.82) is 0 Å². The summed E-state index contributed by atoms with van der Waals surface area (Å²) in [5.74, 6) is -1.09. The molecule has 0 spiro atoms. The number of hydrogen-bond donors (Lipinski definition) is 1. The van der Waals surface area contributed by atoms with Gasteiger partial charge in [-0.15, -0.1) is 5.10 Å². The number of nitro groups is 1. The summed E-state index contributed by atoms with van der Waals surface area (Å²) >= 11 is 5.77. The van der Waals surface area contributed by atoms with Crippen molar-refractivity contribution in [3.8, 4) is 5.69 Å². The van der Waals surface area contributed by atoms with Crippen LogP contribution in [0.15, 0.2) is 18.2 Å². The summed E-state index contributed by atoms with van der Waals surface area (Å²) in [4.78, 5) is 21.5. The van der Waals surface area contributed by atoms with Crippen molar-refractivity contribution < 1.29 is 14.8 Å². The lowest BCUT2D eigenvalue weighted by Crippen LogP contribution is -2.06. The first-order valence-corrected chi connectivity index (χ1v) is 6.50. The van der Waals surface area contributed by atoms with Gasteiger partial charge in [0.15, 0.2) is 5.69 Å². The van der Waals surface area contributed by atoms with Gasteiger partial charge in [0.1, 0.15) is 5.02 Å². The van der Waals surface area contributed by atoms with Crippen LogP contribution < -0.4 is 0 Å². The monoisotopic (exact) mass is 308 g/mol. The lowest BCUT2D eigenvalue weighted by molar-refractivity contribution is -0.384. The van der Waals surface area contributed by atoms with Crippen molar-refractivity contribution in [1.82, 2.24) is 15.0 Å². The highest BCUT2D eigenvalue weighted by Gasteiger charge is 2.34. The van der Waals surface area contributed by atoms with Crippen molar-refractivity contribution in [3.05, 3.63) is 44.7 Å². The van der Waals surface area contributed by atoms with Crippen LogP contribution >= 0.6 is 11.6 Å². The van der Waals surface area contributed by atoms with Crippen LogP contribution in [0.3, 0.4) is 0 Å². The first-order chi connectivity index (χ1) is 9.99. The maximum absolute atomic E-state index is 11.2. The van der Waals surface area contributed by atoms with Crippen LogP contribution in [-0.4, -0.2) is 31.0 Å². The number of carbonyl (C=O) groups is 1. The van der Waals surface area contributed by atoms with Gasteiger partial charge in [-0.25, -0.2) is 9.48 Å².